The molecule has 1 saturated heterocycles. The molecule has 0 radical (unpaired) electrons. The second kappa shape index (κ2) is 6.19. The molecule has 0 aromatic heterocycles. The van der Waals surface area contributed by atoms with E-state index in [-0.39, 0.29) is 17.3 Å². The minimum atomic E-state index is -0.298. The van der Waals surface area contributed by atoms with Crippen LogP contribution in [-0.2, 0) is 0 Å². The number of benzene rings is 1. The van der Waals surface area contributed by atoms with Crippen LogP contribution in [0.5, 0.6) is 0 Å². The lowest BCUT2D eigenvalue weighted by Crippen LogP contribution is -2.35. The number of hydrogen-bond acceptors (Lipinski definition) is 3. The lowest BCUT2D eigenvalue weighted by atomic mass is 9.69. The third-order valence-corrected chi connectivity index (χ3v) is 6.69. The van der Waals surface area contributed by atoms with Crippen molar-refractivity contribution in [2.24, 2.45) is 17.3 Å². The van der Waals surface area contributed by atoms with Crippen LogP contribution in [0.25, 0.3) is 6.08 Å². The Kier molecular flexibility index (Phi) is 4.40. The summed E-state index contributed by atoms with van der Waals surface area (Å²) >= 11 is 7.79. The van der Waals surface area contributed by atoms with Crippen molar-refractivity contribution < 1.29 is 0 Å². The molecule has 3 rings (SSSR count). The Morgan fingerprint density at radius 2 is 2.09 bits per heavy atom. The molecule has 1 aromatic carbocycles. The highest BCUT2D eigenvalue weighted by atomic mass is 35.5. The molecule has 4 heteroatoms. The molecule has 0 spiro atoms. The van der Waals surface area contributed by atoms with Crippen molar-refractivity contribution in [3.8, 4) is 6.07 Å². The van der Waals surface area contributed by atoms with Gasteiger partial charge < -0.3 is 0 Å². The van der Waals surface area contributed by atoms with Gasteiger partial charge in [0.2, 0.25) is 0 Å². The summed E-state index contributed by atoms with van der Waals surface area (Å²) in [7, 11) is 0. The van der Waals surface area contributed by atoms with Crippen molar-refractivity contribution in [1.29, 1.82) is 10.7 Å². The molecule has 1 aromatic rings. The van der Waals surface area contributed by atoms with E-state index >= 15 is 0 Å². The van der Waals surface area contributed by atoms with E-state index in [1.54, 1.807) is 11.8 Å². The van der Waals surface area contributed by atoms with Gasteiger partial charge in [-0.2, -0.15) is 5.26 Å². The predicted molar refractivity (Wildman–Crippen MR) is 98.7 cm³/mol. The zero-order valence-electron chi connectivity index (χ0n) is 13.2. The molecule has 0 saturated carbocycles. The molecular weight excluding hydrogens is 324 g/mol. The summed E-state index contributed by atoms with van der Waals surface area (Å²) in [6, 6.07) is 10.1. The van der Waals surface area contributed by atoms with Gasteiger partial charge in [0.05, 0.1) is 11.1 Å². The van der Waals surface area contributed by atoms with Crippen LogP contribution in [-0.4, -0.2) is 10.3 Å². The van der Waals surface area contributed by atoms with Gasteiger partial charge in [-0.1, -0.05) is 67.4 Å². The lowest BCUT2D eigenvalue weighted by molar-refractivity contribution is 0.284. The van der Waals surface area contributed by atoms with Crippen molar-refractivity contribution >= 4 is 34.5 Å². The SMILES string of the molecule is CC1(C)CC(/C=C/c2ccccc2Cl)=C[C@@H]2C(C#N)C(=N)S[C@H]21. The fourth-order valence-corrected chi connectivity index (χ4v) is 5.13. The highest BCUT2D eigenvalue weighted by molar-refractivity contribution is 8.14. The van der Waals surface area contributed by atoms with Crippen LogP contribution in [0.4, 0.5) is 0 Å². The number of nitriles is 1. The van der Waals surface area contributed by atoms with E-state index in [1.807, 2.05) is 30.3 Å². The fourth-order valence-electron chi connectivity index (χ4n) is 3.50. The summed E-state index contributed by atoms with van der Waals surface area (Å²) in [5.74, 6) is -0.166. The normalized spacial score (nSPS) is 29.2. The standard InChI is InChI=1S/C19H19ClN2S/c1-19(2)10-12(7-8-13-5-3-4-6-16(13)20)9-14-15(11-21)18(22)23-17(14)19/h3-9,14-15,17,22H,10H2,1-2H3/b8-7+,22-18?/t14-,15?,17-/m1/s1. The minimum absolute atomic E-state index is 0.0716. The third kappa shape index (κ3) is 3.11. The van der Waals surface area contributed by atoms with Gasteiger partial charge in [-0.3, -0.25) is 5.41 Å². The Labute approximate surface area is 146 Å². The van der Waals surface area contributed by atoms with Gasteiger partial charge in [0.15, 0.2) is 0 Å². The molecule has 1 N–H and O–H groups in total. The van der Waals surface area contributed by atoms with Gasteiger partial charge in [0, 0.05) is 16.2 Å². The summed E-state index contributed by atoms with van der Waals surface area (Å²) in [5, 5.41) is 19.1. The van der Waals surface area contributed by atoms with Crippen LogP contribution in [0, 0.1) is 34.0 Å². The second-order valence-corrected chi connectivity index (χ2v) is 8.44. The Morgan fingerprint density at radius 1 is 1.35 bits per heavy atom. The number of nitrogens with one attached hydrogen (secondary N) is 1. The molecule has 1 fully saturated rings. The number of thioether (sulfide) groups is 1. The number of allylic oxidation sites excluding steroid dienone is 3. The van der Waals surface area contributed by atoms with E-state index < -0.39 is 0 Å². The van der Waals surface area contributed by atoms with Crippen LogP contribution < -0.4 is 0 Å². The van der Waals surface area contributed by atoms with Crippen LogP contribution >= 0.6 is 23.4 Å². The highest BCUT2D eigenvalue weighted by Crippen LogP contribution is 2.53. The molecule has 0 bridgehead atoms. The quantitative estimate of drug-likeness (QED) is 0.765. The first-order valence-electron chi connectivity index (χ1n) is 7.70. The van der Waals surface area contributed by atoms with E-state index in [4.69, 9.17) is 17.0 Å². The largest absolute Gasteiger partial charge is 0.297 e. The van der Waals surface area contributed by atoms with Gasteiger partial charge in [-0.25, -0.2) is 0 Å². The molecule has 1 aliphatic heterocycles. The van der Waals surface area contributed by atoms with E-state index in [0.717, 1.165) is 17.0 Å². The molecule has 1 unspecified atom stereocenters. The summed E-state index contributed by atoms with van der Waals surface area (Å²) in [6.07, 6.45) is 7.30. The van der Waals surface area contributed by atoms with Gasteiger partial charge in [-0.15, -0.1) is 11.8 Å². The molecule has 1 heterocycles. The summed E-state index contributed by atoms with van der Waals surface area (Å²) in [4.78, 5) is 0. The Bertz CT molecular complexity index is 742. The zero-order valence-corrected chi connectivity index (χ0v) is 14.8. The second-order valence-electron chi connectivity index (χ2n) is 6.85. The highest BCUT2D eigenvalue weighted by Gasteiger charge is 2.49. The monoisotopic (exact) mass is 342 g/mol. The maximum absolute atomic E-state index is 9.41. The number of fused-ring (bicyclic) bond motifs is 1. The molecule has 2 nitrogen and oxygen atoms in total. The summed E-state index contributed by atoms with van der Waals surface area (Å²) in [5.41, 5.74) is 2.30. The molecule has 1 aliphatic carbocycles. The van der Waals surface area contributed by atoms with Crippen molar-refractivity contribution in [3.05, 3.63) is 52.6 Å². The van der Waals surface area contributed by atoms with Crippen LogP contribution in [0.2, 0.25) is 5.02 Å². The van der Waals surface area contributed by atoms with Gasteiger partial charge in [0.25, 0.3) is 0 Å². The molecule has 2 aliphatic rings. The molecular formula is C19H19ClN2S. The molecule has 0 amide bonds. The smallest absolute Gasteiger partial charge is 0.101 e. The van der Waals surface area contributed by atoms with Crippen LogP contribution in [0.1, 0.15) is 25.8 Å². The Morgan fingerprint density at radius 3 is 2.78 bits per heavy atom. The topological polar surface area (TPSA) is 47.6 Å². The van der Waals surface area contributed by atoms with E-state index in [9.17, 15) is 5.26 Å². The maximum atomic E-state index is 9.41. The Balaban J connectivity index is 1.92. The molecule has 23 heavy (non-hydrogen) atoms. The first-order valence-corrected chi connectivity index (χ1v) is 8.96. The lowest BCUT2D eigenvalue weighted by Gasteiger charge is -2.38. The van der Waals surface area contributed by atoms with E-state index in [1.165, 1.54) is 5.57 Å². The predicted octanol–water partition coefficient (Wildman–Crippen LogP) is 5.56. The summed E-state index contributed by atoms with van der Waals surface area (Å²) < 4.78 is 0. The third-order valence-electron chi connectivity index (χ3n) is 4.63. The van der Waals surface area contributed by atoms with Crippen molar-refractivity contribution in [3.63, 3.8) is 0 Å². The average molecular weight is 343 g/mol. The molecule has 3 atom stereocenters. The van der Waals surface area contributed by atoms with Crippen molar-refractivity contribution in [2.75, 3.05) is 0 Å². The van der Waals surface area contributed by atoms with E-state index in [2.05, 4.69) is 32.1 Å². The molecule has 118 valence electrons. The first kappa shape index (κ1) is 16.4. The van der Waals surface area contributed by atoms with Crippen molar-refractivity contribution in [2.45, 2.75) is 25.5 Å². The van der Waals surface area contributed by atoms with Gasteiger partial charge >= 0.3 is 0 Å². The van der Waals surface area contributed by atoms with Gasteiger partial charge in [-0.05, 0) is 23.5 Å². The van der Waals surface area contributed by atoms with Crippen molar-refractivity contribution in [1.82, 2.24) is 0 Å². The van der Waals surface area contributed by atoms with E-state index in [0.29, 0.717) is 10.3 Å². The number of hydrogen-bond donors (Lipinski definition) is 1. The first-order chi connectivity index (χ1) is 10.9. The minimum Gasteiger partial charge on any atom is -0.297 e. The maximum Gasteiger partial charge on any atom is 0.101 e. The Hall–Kier alpha value is -1.50. The van der Waals surface area contributed by atoms with Crippen LogP contribution in [0.3, 0.4) is 0 Å². The van der Waals surface area contributed by atoms with Crippen LogP contribution in [0.15, 0.2) is 42.0 Å². The number of nitrogens with zero attached hydrogens (tertiary/aromatic N) is 1. The number of rotatable bonds is 2. The zero-order chi connectivity index (χ0) is 16.6. The summed E-state index contributed by atoms with van der Waals surface area (Å²) in [6.45, 7) is 4.47. The van der Waals surface area contributed by atoms with Gasteiger partial charge in [0.1, 0.15) is 5.92 Å². The fraction of sp³-hybridized carbons (Fsp3) is 0.368. The average Bonchev–Trinajstić information content (AvgIpc) is 2.82. The number of halogens is 1.